The topological polar surface area (TPSA) is 0 Å². The van der Waals surface area contributed by atoms with Gasteiger partial charge in [0.15, 0.2) is 0 Å². The zero-order valence-corrected chi connectivity index (χ0v) is 14.5. The highest BCUT2D eigenvalue weighted by Crippen LogP contribution is 2.41. The average Bonchev–Trinajstić information content (AvgIpc) is 2.70. The minimum absolute atomic E-state index is 1.15. The Bertz CT molecular complexity index is 945. The third kappa shape index (κ3) is 3.52. The number of benzene rings is 4. The molecule has 1 heteroatoms. The van der Waals surface area contributed by atoms with Gasteiger partial charge >= 0.3 is 0 Å². The molecular formula is C24H17S. The van der Waals surface area contributed by atoms with Crippen molar-refractivity contribution in [1.29, 1.82) is 0 Å². The van der Waals surface area contributed by atoms with Crippen molar-refractivity contribution in [3.05, 3.63) is 109 Å². The highest BCUT2D eigenvalue weighted by Gasteiger charge is 2.13. The van der Waals surface area contributed by atoms with E-state index in [4.69, 9.17) is 0 Å². The summed E-state index contributed by atoms with van der Waals surface area (Å²) in [6.45, 7) is 0. The molecule has 4 aromatic rings. The Balaban J connectivity index is 1.89. The standard InChI is InChI=1S/C24H17S/c1-4-11-19(12-5-1)22-17-10-18-23(25-21-15-8-3-9-16-21)24(22)20-13-6-2-7-14-20/h1-17H. The fourth-order valence-electron chi connectivity index (χ4n) is 2.92. The van der Waals surface area contributed by atoms with Crippen LogP contribution >= 0.6 is 11.8 Å². The summed E-state index contributed by atoms with van der Waals surface area (Å²) in [6, 6.07) is 39.3. The van der Waals surface area contributed by atoms with E-state index in [2.05, 4.69) is 97.1 Å². The van der Waals surface area contributed by atoms with Crippen LogP contribution in [0.2, 0.25) is 0 Å². The maximum absolute atomic E-state index is 3.46. The summed E-state index contributed by atoms with van der Waals surface area (Å²) in [6.07, 6.45) is 0. The van der Waals surface area contributed by atoms with E-state index < -0.39 is 0 Å². The third-order valence-electron chi connectivity index (χ3n) is 4.07. The molecule has 0 saturated heterocycles. The largest absolute Gasteiger partial charge is 0.0888 e. The molecule has 0 fully saturated rings. The van der Waals surface area contributed by atoms with Crippen molar-refractivity contribution in [2.75, 3.05) is 0 Å². The van der Waals surface area contributed by atoms with Gasteiger partial charge in [0.1, 0.15) is 0 Å². The van der Waals surface area contributed by atoms with Crippen LogP contribution in [0.5, 0.6) is 0 Å². The molecule has 0 unspecified atom stereocenters. The molecule has 4 aromatic carbocycles. The van der Waals surface area contributed by atoms with Crippen molar-refractivity contribution in [2.45, 2.75) is 9.79 Å². The predicted molar refractivity (Wildman–Crippen MR) is 107 cm³/mol. The van der Waals surface area contributed by atoms with Crippen LogP contribution in [0, 0.1) is 6.07 Å². The second-order valence-corrected chi connectivity index (χ2v) is 6.83. The first kappa shape index (κ1) is 15.7. The Kier molecular flexibility index (Phi) is 4.67. The molecule has 0 aliphatic carbocycles. The zero-order chi connectivity index (χ0) is 16.9. The molecule has 0 atom stereocenters. The van der Waals surface area contributed by atoms with E-state index in [1.807, 2.05) is 12.1 Å². The number of hydrogen-bond acceptors (Lipinski definition) is 1. The maximum atomic E-state index is 3.46. The highest BCUT2D eigenvalue weighted by molar-refractivity contribution is 7.99. The van der Waals surface area contributed by atoms with E-state index in [9.17, 15) is 0 Å². The van der Waals surface area contributed by atoms with Crippen molar-refractivity contribution in [3.8, 4) is 22.3 Å². The average molecular weight is 337 g/mol. The van der Waals surface area contributed by atoms with Crippen molar-refractivity contribution in [3.63, 3.8) is 0 Å². The van der Waals surface area contributed by atoms with Gasteiger partial charge in [-0.05, 0) is 34.9 Å². The lowest BCUT2D eigenvalue weighted by Gasteiger charge is -2.15. The van der Waals surface area contributed by atoms with Crippen molar-refractivity contribution in [1.82, 2.24) is 0 Å². The minimum atomic E-state index is 1.15. The molecule has 25 heavy (non-hydrogen) atoms. The third-order valence-corrected chi connectivity index (χ3v) is 5.11. The van der Waals surface area contributed by atoms with Crippen LogP contribution in [0.3, 0.4) is 0 Å². The lowest BCUT2D eigenvalue weighted by atomic mass is 9.94. The van der Waals surface area contributed by atoms with E-state index in [0.29, 0.717) is 0 Å². The van der Waals surface area contributed by atoms with Crippen LogP contribution in [0.15, 0.2) is 113 Å². The zero-order valence-electron chi connectivity index (χ0n) is 13.7. The molecule has 1 radical (unpaired) electrons. The van der Waals surface area contributed by atoms with E-state index in [0.717, 1.165) is 4.90 Å². The van der Waals surface area contributed by atoms with Gasteiger partial charge in [0.2, 0.25) is 0 Å². The second kappa shape index (κ2) is 7.42. The Morgan fingerprint density at radius 2 is 1.12 bits per heavy atom. The SMILES string of the molecule is [c]1ccc(-c2ccccc2)c(-c2ccccc2)c1Sc1ccccc1. The number of hydrogen-bond donors (Lipinski definition) is 0. The van der Waals surface area contributed by atoms with Gasteiger partial charge in [-0.3, -0.25) is 0 Å². The van der Waals surface area contributed by atoms with E-state index in [1.54, 1.807) is 11.8 Å². The summed E-state index contributed by atoms with van der Waals surface area (Å²) in [7, 11) is 0. The van der Waals surface area contributed by atoms with Gasteiger partial charge in [-0.25, -0.2) is 0 Å². The Hall–Kier alpha value is -2.77. The van der Waals surface area contributed by atoms with Crippen molar-refractivity contribution < 1.29 is 0 Å². The van der Waals surface area contributed by atoms with E-state index >= 15 is 0 Å². The van der Waals surface area contributed by atoms with Gasteiger partial charge in [-0.15, -0.1) is 0 Å². The maximum Gasteiger partial charge on any atom is 0.0285 e. The summed E-state index contributed by atoms with van der Waals surface area (Å²) in [4.78, 5) is 2.37. The molecule has 119 valence electrons. The lowest BCUT2D eigenvalue weighted by Crippen LogP contribution is -1.89. The van der Waals surface area contributed by atoms with Crippen molar-refractivity contribution in [2.24, 2.45) is 0 Å². The molecular weight excluding hydrogens is 320 g/mol. The Morgan fingerprint density at radius 3 is 1.76 bits per heavy atom. The summed E-state index contributed by atoms with van der Waals surface area (Å²) < 4.78 is 0. The predicted octanol–water partition coefficient (Wildman–Crippen LogP) is 6.97. The molecule has 0 aromatic heterocycles. The Morgan fingerprint density at radius 1 is 0.560 bits per heavy atom. The fraction of sp³-hybridized carbons (Fsp3) is 0. The molecule has 0 spiro atoms. The molecule has 0 N–H and O–H groups in total. The molecule has 0 heterocycles. The van der Waals surface area contributed by atoms with Gasteiger partial charge in [0.25, 0.3) is 0 Å². The quantitative estimate of drug-likeness (QED) is 0.387. The lowest BCUT2D eigenvalue weighted by molar-refractivity contribution is 1.39. The molecule has 0 saturated carbocycles. The van der Waals surface area contributed by atoms with E-state index in [-0.39, 0.29) is 0 Å². The van der Waals surface area contributed by atoms with Crippen LogP contribution in [0.1, 0.15) is 0 Å². The molecule has 0 bridgehead atoms. The van der Waals surface area contributed by atoms with Crippen LogP contribution < -0.4 is 0 Å². The van der Waals surface area contributed by atoms with Crippen LogP contribution in [0.25, 0.3) is 22.3 Å². The molecule has 0 nitrogen and oxygen atoms in total. The molecule has 0 aliphatic heterocycles. The summed E-state index contributed by atoms with van der Waals surface area (Å²) in [5.41, 5.74) is 4.93. The van der Waals surface area contributed by atoms with Crippen LogP contribution in [0.4, 0.5) is 0 Å². The van der Waals surface area contributed by atoms with Gasteiger partial charge in [0, 0.05) is 15.4 Å². The molecule has 0 aliphatic rings. The smallest absolute Gasteiger partial charge is 0.0285 e. The summed E-state index contributed by atoms with van der Waals surface area (Å²) in [5.74, 6) is 0. The molecule has 0 amide bonds. The second-order valence-electron chi connectivity index (χ2n) is 5.74. The summed E-state index contributed by atoms with van der Waals surface area (Å²) >= 11 is 1.76. The van der Waals surface area contributed by atoms with E-state index in [1.165, 1.54) is 27.1 Å². The van der Waals surface area contributed by atoms with Crippen molar-refractivity contribution >= 4 is 11.8 Å². The Labute approximate surface area is 153 Å². The first-order valence-electron chi connectivity index (χ1n) is 8.30. The van der Waals surface area contributed by atoms with Gasteiger partial charge in [-0.2, -0.15) is 0 Å². The van der Waals surface area contributed by atoms with Crippen LogP contribution in [-0.4, -0.2) is 0 Å². The fourth-order valence-corrected chi connectivity index (χ4v) is 3.90. The molecule has 4 rings (SSSR count). The number of rotatable bonds is 4. The minimum Gasteiger partial charge on any atom is -0.0888 e. The monoisotopic (exact) mass is 337 g/mol. The highest BCUT2D eigenvalue weighted by atomic mass is 32.2. The first-order chi connectivity index (χ1) is 12.4. The summed E-state index contributed by atoms with van der Waals surface area (Å²) in [5, 5.41) is 0. The first-order valence-corrected chi connectivity index (χ1v) is 9.12. The van der Waals surface area contributed by atoms with Gasteiger partial charge in [0.05, 0.1) is 0 Å². The van der Waals surface area contributed by atoms with Gasteiger partial charge in [-0.1, -0.05) is 103 Å². The van der Waals surface area contributed by atoms with Crippen LogP contribution in [-0.2, 0) is 0 Å². The normalized spacial score (nSPS) is 10.6. The van der Waals surface area contributed by atoms with Gasteiger partial charge < -0.3 is 0 Å².